The van der Waals surface area contributed by atoms with Crippen LogP contribution in [0.5, 0.6) is 11.5 Å². The minimum absolute atomic E-state index is 0.0342. The van der Waals surface area contributed by atoms with Gasteiger partial charge in [0.1, 0.15) is 17.1 Å². The van der Waals surface area contributed by atoms with Gasteiger partial charge in [-0.1, -0.05) is 6.92 Å². The summed E-state index contributed by atoms with van der Waals surface area (Å²) in [6.07, 6.45) is 2.37. The highest BCUT2D eigenvalue weighted by molar-refractivity contribution is 5.76. The van der Waals surface area contributed by atoms with Gasteiger partial charge >= 0.3 is 6.09 Å². The van der Waals surface area contributed by atoms with Gasteiger partial charge in [-0.25, -0.2) is 4.79 Å². The number of hydrogen-bond acceptors (Lipinski definition) is 5. The van der Waals surface area contributed by atoms with Crippen molar-refractivity contribution in [3.05, 3.63) is 24.3 Å². The maximum Gasteiger partial charge on any atom is 0.407 e. The molecule has 2 amide bonds. The van der Waals surface area contributed by atoms with Gasteiger partial charge in [0, 0.05) is 25.6 Å². The number of rotatable bonds is 9. The molecule has 0 spiro atoms. The quantitative estimate of drug-likeness (QED) is 0.583. The van der Waals surface area contributed by atoms with Crippen LogP contribution in [0.1, 0.15) is 60.3 Å². The van der Waals surface area contributed by atoms with Crippen molar-refractivity contribution in [3.63, 3.8) is 0 Å². The van der Waals surface area contributed by atoms with E-state index in [0.29, 0.717) is 39.1 Å². The van der Waals surface area contributed by atoms with E-state index in [9.17, 15) is 9.59 Å². The number of piperidine rings is 1. The summed E-state index contributed by atoms with van der Waals surface area (Å²) in [4.78, 5) is 26.7. The van der Waals surface area contributed by atoms with Gasteiger partial charge in [-0.3, -0.25) is 4.79 Å². The standard InChI is InChI=1S/C24H38N2O5/c1-6-18-17-26(15-14-21(18)25-23(28)31-24(3,4)5)22(27)9-8-16-30-20-12-10-19(11-13-20)29-7-2/h10-13,18,21H,6-9,14-17H2,1-5H3,(H,25,28)/t18-,21-/m1/s1. The average molecular weight is 435 g/mol. The average Bonchev–Trinajstić information content (AvgIpc) is 2.71. The fourth-order valence-corrected chi connectivity index (χ4v) is 3.69. The van der Waals surface area contributed by atoms with Crippen molar-refractivity contribution in [2.75, 3.05) is 26.3 Å². The van der Waals surface area contributed by atoms with Crippen LogP contribution in [0.4, 0.5) is 4.79 Å². The van der Waals surface area contributed by atoms with E-state index in [1.807, 2.05) is 56.9 Å². The van der Waals surface area contributed by atoms with Crippen molar-refractivity contribution in [3.8, 4) is 11.5 Å². The van der Waals surface area contributed by atoms with Gasteiger partial charge in [0.2, 0.25) is 5.91 Å². The maximum absolute atomic E-state index is 12.6. The topological polar surface area (TPSA) is 77.1 Å². The minimum Gasteiger partial charge on any atom is -0.494 e. The van der Waals surface area contributed by atoms with E-state index in [1.54, 1.807) is 0 Å². The zero-order chi connectivity index (χ0) is 22.9. The Morgan fingerprint density at radius 1 is 1.10 bits per heavy atom. The summed E-state index contributed by atoms with van der Waals surface area (Å²) < 4.78 is 16.5. The molecule has 7 nitrogen and oxygen atoms in total. The third kappa shape index (κ3) is 8.67. The van der Waals surface area contributed by atoms with E-state index < -0.39 is 5.60 Å². The lowest BCUT2D eigenvalue weighted by molar-refractivity contribution is -0.133. The summed E-state index contributed by atoms with van der Waals surface area (Å²) in [5.41, 5.74) is -0.518. The molecular formula is C24H38N2O5. The van der Waals surface area contributed by atoms with Crippen LogP contribution in [0.2, 0.25) is 0 Å². The van der Waals surface area contributed by atoms with Crippen LogP contribution >= 0.6 is 0 Å². The van der Waals surface area contributed by atoms with Crippen molar-refractivity contribution >= 4 is 12.0 Å². The predicted molar refractivity (Wildman–Crippen MR) is 120 cm³/mol. The first-order chi connectivity index (χ1) is 14.7. The van der Waals surface area contributed by atoms with Crippen molar-refractivity contribution in [2.45, 2.75) is 71.9 Å². The van der Waals surface area contributed by atoms with Gasteiger partial charge in [-0.05, 0) is 77.1 Å². The van der Waals surface area contributed by atoms with Crippen LogP contribution in [0.25, 0.3) is 0 Å². The summed E-state index contributed by atoms with van der Waals surface area (Å²) >= 11 is 0. The Bertz CT molecular complexity index is 699. The molecule has 0 aromatic heterocycles. The second kappa shape index (κ2) is 11.8. The molecule has 0 radical (unpaired) electrons. The van der Waals surface area contributed by atoms with Crippen molar-refractivity contribution in [2.24, 2.45) is 5.92 Å². The van der Waals surface area contributed by atoms with Crippen LogP contribution in [0.3, 0.4) is 0 Å². The lowest BCUT2D eigenvalue weighted by Gasteiger charge is -2.38. The second-order valence-corrected chi connectivity index (χ2v) is 8.91. The lowest BCUT2D eigenvalue weighted by Crippen LogP contribution is -2.53. The molecule has 1 saturated heterocycles. The highest BCUT2D eigenvalue weighted by atomic mass is 16.6. The van der Waals surface area contributed by atoms with E-state index in [0.717, 1.165) is 24.3 Å². The fourth-order valence-electron chi connectivity index (χ4n) is 3.69. The number of hydrogen-bond donors (Lipinski definition) is 1. The Hall–Kier alpha value is -2.44. The van der Waals surface area contributed by atoms with Crippen molar-refractivity contribution in [1.82, 2.24) is 10.2 Å². The minimum atomic E-state index is -0.518. The van der Waals surface area contributed by atoms with Crippen LogP contribution in [0, 0.1) is 5.92 Å². The Morgan fingerprint density at radius 2 is 1.74 bits per heavy atom. The van der Waals surface area contributed by atoms with E-state index >= 15 is 0 Å². The lowest BCUT2D eigenvalue weighted by atomic mass is 9.89. The van der Waals surface area contributed by atoms with Crippen LogP contribution in [0.15, 0.2) is 24.3 Å². The zero-order valence-corrected chi connectivity index (χ0v) is 19.6. The van der Waals surface area contributed by atoms with Crippen LogP contribution in [-0.4, -0.2) is 54.8 Å². The molecule has 0 aliphatic carbocycles. The molecule has 0 bridgehead atoms. The largest absolute Gasteiger partial charge is 0.494 e. The molecule has 0 saturated carbocycles. The number of benzene rings is 1. The molecule has 1 aliphatic heterocycles. The van der Waals surface area contributed by atoms with Crippen molar-refractivity contribution in [1.29, 1.82) is 0 Å². The molecule has 7 heteroatoms. The monoisotopic (exact) mass is 434 g/mol. The normalized spacial score (nSPS) is 18.9. The van der Waals surface area contributed by atoms with Gasteiger partial charge in [0.05, 0.1) is 13.2 Å². The van der Waals surface area contributed by atoms with E-state index in [4.69, 9.17) is 14.2 Å². The van der Waals surface area contributed by atoms with Crippen LogP contribution in [-0.2, 0) is 9.53 Å². The van der Waals surface area contributed by atoms with Gasteiger partial charge in [0.15, 0.2) is 0 Å². The van der Waals surface area contributed by atoms with E-state index in [2.05, 4.69) is 12.2 Å². The maximum atomic E-state index is 12.6. The predicted octanol–water partition coefficient (Wildman–Crippen LogP) is 4.40. The molecule has 1 N–H and O–H groups in total. The first kappa shape index (κ1) is 24.8. The smallest absolute Gasteiger partial charge is 0.407 e. The molecule has 31 heavy (non-hydrogen) atoms. The number of ether oxygens (including phenoxy) is 3. The third-order valence-electron chi connectivity index (χ3n) is 5.25. The molecule has 2 rings (SSSR count). The summed E-state index contributed by atoms with van der Waals surface area (Å²) in [6.45, 7) is 12.0. The highest BCUT2D eigenvalue weighted by Gasteiger charge is 2.32. The van der Waals surface area contributed by atoms with Gasteiger partial charge in [-0.2, -0.15) is 0 Å². The summed E-state index contributed by atoms with van der Waals surface area (Å²) in [6, 6.07) is 7.54. The Kier molecular flexibility index (Phi) is 9.46. The first-order valence-electron chi connectivity index (χ1n) is 11.3. The number of amides is 2. The molecule has 0 unspecified atom stereocenters. The highest BCUT2D eigenvalue weighted by Crippen LogP contribution is 2.22. The molecule has 1 aromatic rings. The molecule has 1 fully saturated rings. The number of likely N-dealkylation sites (tertiary alicyclic amines) is 1. The number of carbonyl (C=O) groups is 2. The zero-order valence-electron chi connectivity index (χ0n) is 19.6. The molecule has 1 aromatic carbocycles. The summed E-state index contributed by atoms with van der Waals surface area (Å²) in [5, 5.41) is 2.99. The summed E-state index contributed by atoms with van der Waals surface area (Å²) in [5.74, 6) is 1.96. The SMILES string of the molecule is CCOc1ccc(OCCCC(=O)N2CC[C@@H](NC(=O)OC(C)(C)C)[C@H](CC)C2)cc1. The Balaban J connectivity index is 1.72. The van der Waals surface area contributed by atoms with E-state index in [-0.39, 0.29) is 24.0 Å². The number of nitrogens with zero attached hydrogens (tertiary/aromatic N) is 1. The van der Waals surface area contributed by atoms with E-state index in [1.165, 1.54) is 0 Å². The number of nitrogens with one attached hydrogen (secondary N) is 1. The van der Waals surface area contributed by atoms with Gasteiger partial charge in [-0.15, -0.1) is 0 Å². The van der Waals surface area contributed by atoms with Gasteiger partial charge in [0.25, 0.3) is 0 Å². The van der Waals surface area contributed by atoms with Gasteiger partial charge < -0.3 is 24.4 Å². The molecule has 1 aliphatic rings. The number of alkyl carbamates (subject to hydrolysis) is 1. The Labute approximate surface area is 186 Å². The van der Waals surface area contributed by atoms with Crippen molar-refractivity contribution < 1.29 is 23.8 Å². The van der Waals surface area contributed by atoms with Crippen LogP contribution < -0.4 is 14.8 Å². The summed E-state index contributed by atoms with van der Waals surface area (Å²) in [7, 11) is 0. The first-order valence-corrected chi connectivity index (χ1v) is 11.3. The second-order valence-electron chi connectivity index (χ2n) is 8.91. The molecule has 174 valence electrons. The molecule has 1 heterocycles. The number of carbonyl (C=O) groups excluding carboxylic acids is 2. The fraction of sp³-hybridized carbons (Fsp3) is 0.667. The Morgan fingerprint density at radius 3 is 2.32 bits per heavy atom. The molecular weight excluding hydrogens is 396 g/mol. The molecule has 2 atom stereocenters. The third-order valence-corrected chi connectivity index (χ3v) is 5.25.